The average molecular weight is 314 g/mol. The quantitative estimate of drug-likeness (QED) is 0.643. The molecule has 1 aliphatic heterocycles. The van der Waals surface area contributed by atoms with E-state index in [9.17, 15) is 18.0 Å². The molecular formula is C12H18N4O4S. The van der Waals surface area contributed by atoms with Gasteiger partial charge in [0.15, 0.2) is 4.90 Å². The van der Waals surface area contributed by atoms with E-state index in [-0.39, 0.29) is 12.1 Å². The van der Waals surface area contributed by atoms with Gasteiger partial charge in [-0.15, -0.1) is 0 Å². The van der Waals surface area contributed by atoms with Gasteiger partial charge < -0.3 is 10.3 Å². The van der Waals surface area contributed by atoms with Crippen molar-refractivity contribution in [2.45, 2.75) is 42.7 Å². The maximum atomic E-state index is 12.7. The minimum Gasteiger partial charge on any atom is -0.313 e. The van der Waals surface area contributed by atoms with Gasteiger partial charge in [0.2, 0.25) is 10.0 Å². The summed E-state index contributed by atoms with van der Waals surface area (Å²) in [7, 11) is -3.89. The van der Waals surface area contributed by atoms with Crippen LogP contribution in [0.4, 0.5) is 0 Å². The minimum atomic E-state index is -3.89. The predicted molar refractivity (Wildman–Crippen MR) is 75.6 cm³/mol. The molecule has 1 atom stereocenters. The van der Waals surface area contributed by atoms with Gasteiger partial charge in [0.05, 0.1) is 0 Å². The van der Waals surface area contributed by atoms with E-state index in [1.165, 1.54) is 4.31 Å². The first-order valence-electron chi connectivity index (χ1n) is 7.06. The lowest BCUT2D eigenvalue weighted by molar-refractivity contribution is 0.362. The van der Waals surface area contributed by atoms with Crippen LogP contribution in [-0.2, 0) is 10.0 Å². The fraction of sp³-hybridized carbons (Fsp3) is 0.667. The van der Waals surface area contributed by atoms with E-state index in [2.05, 4.69) is 10.3 Å². The molecular weight excluding hydrogens is 296 g/mol. The Morgan fingerprint density at radius 2 is 2.00 bits per heavy atom. The summed E-state index contributed by atoms with van der Waals surface area (Å²) in [5, 5.41) is 3.27. The molecule has 3 rings (SSSR count). The Morgan fingerprint density at radius 3 is 2.57 bits per heavy atom. The number of nitrogens with zero attached hydrogens (tertiary/aromatic N) is 1. The van der Waals surface area contributed by atoms with Crippen LogP contribution >= 0.6 is 0 Å². The number of hydrogen-bond acceptors (Lipinski definition) is 5. The van der Waals surface area contributed by atoms with Gasteiger partial charge >= 0.3 is 5.69 Å². The second-order valence-electron chi connectivity index (χ2n) is 5.54. The molecule has 21 heavy (non-hydrogen) atoms. The molecule has 8 nitrogen and oxygen atoms in total. The fourth-order valence-electron chi connectivity index (χ4n) is 2.65. The molecule has 3 N–H and O–H groups in total. The lowest BCUT2D eigenvalue weighted by Crippen LogP contribution is -2.44. The summed E-state index contributed by atoms with van der Waals surface area (Å²) in [4.78, 5) is 26.6. The molecule has 1 aliphatic carbocycles. The molecule has 0 aromatic carbocycles. The Balaban J connectivity index is 1.93. The Bertz CT molecular complexity index is 728. The Morgan fingerprint density at radius 1 is 1.24 bits per heavy atom. The Labute approximate surface area is 121 Å². The lowest BCUT2D eigenvalue weighted by Gasteiger charge is -2.24. The molecule has 2 heterocycles. The van der Waals surface area contributed by atoms with Crippen molar-refractivity contribution in [3.63, 3.8) is 0 Å². The predicted octanol–water partition coefficient (Wildman–Crippen LogP) is -1.03. The fourth-order valence-corrected chi connectivity index (χ4v) is 4.38. The van der Waals surface area contributed by atoms with Crippen LogP contribution in [0.2, 0.25) is 0 Å². The van der Waals surface area contributed by atoms with Crippen LogP contribution in [0.15, 0.2) is 20.7 Å². The summed E-state index contributed by atoms with van der Waals surface area (Å²) < 4.78 is 26.8. The minimum absolute atomic E-state index is 0.0382. The van der Waals surface area contributed by atoms with Crippen LogP contribution in [0.1, 0.15) is 25.7 Å². The van der Waals surface area contributed by atoms with Gasteiger partial charge in [-0.2, -0.15) is 4.31 Å². The zero-order valence-corrected chi connectivity index (χ0v) is 12.3. The molecule has 9 heteroatoms. The molecule has 1 unspecified atom stereocenters. The standard InChI is InChI=1S/C12H18N4O4S/c17-11-10(6-14-12(18)15-11)21(19,20)16(9-3-4-9)7-8-2-1-5-13-8/h6,8-9,13H,1-5,7H2,(H2,14,15,17,18). The number of H-pyrrole nitrogens is 2. The topological polar surface area (TPSA) is 115 Å². The summed E-state index contributed by atoms with van der Waals surface area (Å²) in [6.45, 7) is 1.26. The van der Waals surface area contributed by atoms with Gasteiger partial charge in [0.25, 0.3) is 5.56 Å². The number of rotatable bonds is 5. The van der Waals surface area contributed by atoms with Gasteiger partial charge in [-0.05, 0) is 32.2 Å². The van der Waals surface area contributed by atoms with E-state index in [1.807, 2.05) is 4.98 Å². The van der Waals surface area contributed by atoms with Gasteiger partial charge in [-0.25, -0.2) is 13.2 Å². The second-order valence-corrected chi connectivity index (χ2v) is 7.39. The smallest absolute Gasteiger partial charge is 0.313 e. The maximum Gasteiger partial charge on any atom is 0.325 e. The van der Waals surface area contributed by atoms with Crippen LogP contribution < -0.4 is 16.6 Å². The highest BCUT2D eigenvalue weighted by Crippen LogP contribution is 2.31. The van der Waals surface area contributed by atoms with E-state index < -0.39 is 26.2 Å². The van der Waals surface area contributed by atoms with E-state index in [4.69, 9.17) is 0 Å². The summed E-state index contributed by atoms with van der Waals surface area (Å²) in [6, 6.07) is 0.0888. The first-order valence-corrected chi connectivity index (χ1v) is 8.50. The van der Waals surface area contributed by atoms with E-state index >= 15 is 0 Å². The van der Waals surface area contributed by atoms with Crippen molar-refractivity contribution in [1.82, 2.24) is 19.6 Å². The summed E-state index contributed by atoms with van der Waals surface area (Å²) in [5.41, 5.74) is -1.59. The molecule has 116 valence electrons. The molecule has 0 amide bonds. The molecule has 1 saturated heterocycles. The maximum absolute atomic E-state index is 12.7. The van der Waals surface area contributed by atoms with Crippen molar-refractivity contribution in [3.8, 4) is 0 Å². The second kappa shape index (κ2) is 5.39. The van der Waals surface area contributed by atoms with Crippen molar-refractivity contribution in [3.05, 3.63) is 27.0 Å². The molecule has 1 aromatic heterocycles. The van der Waals surface area contributed by atoms with E-state index in [0.29, 0.717) is 6.54 Å². The molecule has 1 aromatic rings. The number of aromatic amines is 2. The first-order chi connectivity index (χ1) is 9.98. The van der Waals surface area contributed by atoms with Gasteiger partial charge in [0, 0.05) is 24.8 Å². The molecule has 0 radical (unpaired) electrons. The monoisotopic (exact) mass is 314 g/mol. The van der Waals surface area contributed by atoms with Crippen molar-refractivity contribution in [2.75, 3.05) is 13.1 Å². The summed E-state index contributed by atoms with van der Waals surface area (Å²) in [6.07, 6.45) is 4.57. The van der Waals surface area contributed by atoms with E-state index in [0.717, 1.165) is 38.4 Å². The van der Waals surface area contributed by atoms with Crippen LogP contribution in [0.25, 0.3) is 0 Å². The van der Waals surface area contributed by atoms with E-state index in [1.54, 1.807) is 0 Å². The van der Waals surface area contributed by atoms with Gasteiger partial charge in [-0.3, -0.25) is 9.78 Å². The highest BCUT2D eigenvalue weighted by molar-refractivity contribution is 7.89. The number of sulfonamides is 1. The third-order valence-electron chi connectivity index (χ3n) is 3.89. The Hall–Kier alpha value is -1.45. The summed E-state index contributed by atoms with van der Waals surface area (Å²) in [5.74, 6) is 0. The SMILES string of the molecule is O=c1[nH]cc(S(=O)(=O)N(CC2CCCN2)C2CC2)c(=O)[nH]1. The number of aromatic nitrogens is 2. The van der Waals surface area contributed by atoms with Crippen molar-refractivity contribution in [1.29, 1.82) is 0 Å². The number of nitrogens with one attached hydrogen (secondary N) is 3. The largest absolute Gasteiger partial charge is 0.325 e. The van der Waals surface area contributed by atoms with Crippen LogP contribution in [-0.4, -0.2) is 47.9 Å². The summed E-state index contributed by atoms with van der Waals surface area (Å²) >= 11 is 0. The van der Waals surface area contributed by atoms with Crippen molar-refractivity contribution in [2.24, 2.45) is 0 Å². The Kier molecular flexibility index (Phi) is 3.72. The highest BCUT2D eigenvalue weighted by atomic mass is 32.2. The van der Waals surface area contributed by atoms with Crippen molar-refractivity contribution < 1.29 is 8.42 Å². The third kappa shape index (κ3) is 2.94. The molecule has 1 saturated carbocycles. The van der Waals surface area contributed by atoms with Crippen LogP contribution in [0, 0.1) is 0 Å². The normalized spacial score (nSPS) is 22.8. The number of hydrogen-bond donors (Lipinski definition) is 3. The van der Waals surface area contributed by atoms with Crippen LogP contribution in [0.5, 0.6) is 0 Å². The highest BCUT2D eigenvalue weighted by Gasteiger charge is 2.40. The zero-order valence-electron chi connectivity index (χ0n) is 11.5. The molecule has 0 bridgehead atoms. The molecule has 2 fully saturated rings. The first kappa shape index (κ1) is 14.5. The van der Waals surface area contributed by atoms with Gasteiger partial charge in [-0.1, -0.05) is 0 Å². The lowest BCUT2D eigenvalue weighted by atomic mass is 10.2. The third-order valence-corrected chi connectivity index (χ3v) is 5.81. The van der Waals surface area contributed by atoms with Crippen LogP contribution in [0.3, 0.4) is 0 Å². The average Bonchev–Trinajstić information content (AvgIpc) is 3.11. The molecule has 0 spiro atoms. The molecule has 2 aliphatic rings. The zero-order chi connectivity index (χ0) is 15.0. The van der Waals surface area contributed by atoms with Gasteiger partial charge in [0.1, 0.15) is 0 Å². The van der Waals surface area contributed by atoms with Crippen molar-refractivity contribution >= 4 is 10.0 Å².